The van der Waals surface area contributed by atoms with Crippen LogP contribution in [0.4, 0.5) is 0 Å². The largest absolute Gasteiger partial charge is 0.488 e. The van der Waals surface area contributed by atoms with Gasteiger partial charge in [0.25, 0.3) is 0 Å². The molecule has 0 amide bonds. The first kappa shape index (κ1) is 19.0. The Kier molecular flexibility index (Phi) is 5.46. The van der Waals surface area contributed by atoms with E-state index in [9.17, 15) is 5.26 Å². The summed E-state index contributed by atoms with van der Waals surface area (Å²) in [5.41, 5.74) is 5.22. The van der Waals surface area contributed by atoms with E-state index in [0.29, 0.717) is 23.8 Å². The zero-order valence-electron chi connectivity index (χ0n) is 15.8. The number of nitriles is 1. The van der Waals surface area contributed by atoms with Gasteiger partial charge in [-0.15, -0.1) is 0 Å². The molecule has 0 radical (unpaired) electrons. The first-order valence-corrected chi connectivity index (χ1v) is 9.96. The SMILES string of the molecule is Cc1ccc2nc(/C(C#N)=C\c3cc(Br)ccc3OCc3ccccc3)[nH]c2c1. The van der Waals surface area contributed by atoms with E-state index in [-0.39, 0.29) is 0 Å². The van der Waals surface area contributed by atoms with Gasteiger partial charge in [-0.2, -0.15) is 5.26 Å². The molecule has 0 atom stereocenters. The van der Waals surface area contributed by atoms with Gasteiger partial charge in [0.1, 0.15) is 24.3 Å². The lowest BCUT2D eigenvalue weighted by Gasteiger charge is -2.10. The molecule has 1 aromatic heterocycles. The summed E-state index contributed by atoms with van der Waals surface area (Å²) in [6.07, 6.45) is 1.80. The number of ether oxygens (including phenoxy) is 1. The van der Waals surface area contributed by atoms with Crippen LogP contribution >= 0.6 is 15.9 Å². The van der Waals surface area contributed by atoms with Crippen LogP contribution in [0.25, 0.3) is 22.7 Å². The summed E-state index contributed by atoms with van der Waals surface area (Å²) in [6.45, 7) is 2.48. The highest BCUT2D eigenvalue weighted by molar-refractivity contribution is 9.10. The molecule has 0 saturated carbocycles. The molecule has 0 spiro atoms. The number of nitrogens with one attached hydrogen (secondary N) is 1. The van der Waals surface area contributed by atoms with Gasteiger partial charge in [-0.3, -0.25) is 0 Å². The van der Waals surface area contributed by atoms with Crippen molar-refractivity contribution in [2.45, 2.75) is 13.5 Å². The summed E-state index contributed by atoms with van der Waals surface area (Å²) in [5.74, 6) is 1.25. The van der Waals surface area contributed by atoms with Gasteiger partial charge in [-0.1, -0.05) is 52.3 Å². The average Bonchev–Trinajstić information content (AvgIpc) is 3.15. The molecular formula is C24H18BrN3O. The van der Waals surface area contributed by atoms with Crippen LogP contribution in [0.3, 0.4) is 0 Å². The normalized spacial score (nSPS) is 11.4. The van der Waals surface area contributed by atoms with Crippen molar-refractivity contribution < 1.29 is 4.74 Å². The predicted molar refractivity (Wildman–Crippen MR) is 119 cm³/mol. The number of benzene rings is 3. The number of halogens is 1. The van der Waals surface area contributed by atoms with Crippen molar-refractivity contribution in [2.75, 3.05) is 0 Å². The molecule has 4 nitrogen and oxygen atoms in total. The molecule has 0 aliphatic carbocycles. The van der Waals surface area contributed by atoms with E-state index in [1.54, 1.807) is 6.08 Å². The number of hydrogen-bond acceptors (Lipinski definition) is 3. The van der Waals surface area contributed by atoms with Crippen LogP contribution in [0.2, 0.25) is 0 Å². The molecule has 1 heterocycles. The molecule has 0 fully saturated rings. The van der Waals surface area contributed by atoms with E-state index in [1.807, 2.05) is 73.7 Å². The van der Waals surface area contributed by atoms with Gasteiger partial charge in [0.05, 0.1) is 16.6 Å². The molecule has 3 aromatic carbocycles. The number of imidazole rings is 1. The Labute approximate surface area is 177 Å². The van der Waals surface area contributed by atoms with Gasteiger partial charge in [0.15, 0.2) is 0 Å². The molecule has 0 aliphatic rings. The number of H-pyrrole nitrogens is 1. The lowest BCUT2D eigenvalue weighted by molar-refractivity contribution is 0.305. The van der Waals surface area contributed by atoms with Crippen LogP contribution in [0.15, 0.2) is 71.2 Å². The van der Waals surface area contributed by atoms with Crippen molar-refractivity contribution >= 4 is 38.6 Å². The Hall–Kier alpha value is -3.36. The van der Waals surface area contributed by atoms with Crippen LogP contribution < -0.4 is 4.74 Å². The fourth-order valence-electron chi connectivity index (χ4n) is 3.06. The highest BCUT2D eigenvalue weighted by atomic mass is 79.9. The molecule has 0 saturated heterocycles. The predicted octanol–water partition coefficient (Wildman–Crippen LogP) is 6.28. The van der Waals surface area contributed by atoms with Gasteiger partial charge < -0.3 is 9.72 Å². The third kappa shape index (κ3) is 4.39. The Morgan fingerprint density at radius 2 is 1.97 bits per heavy atom. The fraction of sp³-hybridized carbons (Fsp3) is 0.0833. The lowest BCUT2D eigenvalue weighted by Crippen LogP contribution is -1.97. The van der Waals surface area contributed by atoms with Gasteiger partial charge in [-0.25, -0.2) is 4.98 Å². The van der Waals surface area contributed by atoms with Crippen LogP contribution in [0.5, 0.6) is 5.75 Å². The number of aryl methyl sites for hydroxylation is 1. The minimum atomic E-state index is 0.446. The Morgan fingerprint density at radius 1 is 1.14 bits per heavy atom. The van der Waals surface area contributed by atoms with Crippen LogP contribution in [0, 0.1) is 18.3 Å². The molecule has 142 valence electrons. The number of allylic oxidation sites excluding steroid dienone is 1. The molecule has 4 rings (SSSR count). The second-order valence-corrected chi connectivity index (χ2v) is 7.65. The Balaban J connectivity index is 1.69. The van der Waals surface area contributed by atoms with Gasteiger partial charge in [0, 0.05) is 10.0 Å². The Bertz CT molecular complexity index is 1240. The summed E-state index contributed by atoms with van der Waals surface area (Å²) in [4.78, 5) is 7.81. The van der Waals surface area contributed by atoms with Crippen molar-refractivity contribution in [3.05, 3.63) is 93.7 Å². The van der Waals surface area contributed by atoms with E-state index in [1.165, 1.54) is 0 Å². The summed E-state index contributed by atoms with van der Waals surface area (Å²) >= 11 is 3.51. The monoisotopic (exact) mass is 443 g/mol. The molecular weight excluding hydrogens is 426 g/mol. The molecule has 29 heavy (non-hydrogen) atoms. The van der Waals surface area contributed by atoms with E-state index in [0.717, 1.165) is 32.2 Å². The molecule has 0 aliphatic heterocycles. The second kappa shape index (κ2) is 8.34. The van der Waals surface area contributed by atoms with E-state index in [4.69, 9.17) is 4.74 Å². The summed E-state index contributed by atoms with van der Waals surface area (Å²) < 4.78 is 6.94. The minimum Gasteiger partial charge on any atom is -0.488 e. The standard InChI is InChI=1S/C24H18BrN3O/c1-16-7-9-21-22(11-16)28-24(27-21)19(14-26)12-18-13-20(25)8-10-23(18)29-15-17-5-3-2-4-6-17/h2-13H,15H2,1H3,(H,27,28)/b19-12-. The van der Waals surface area contributed by atoms with Crippen molar-refractivity contribution in [3.63, 3.8) is 0 Å². The van der Waals surface area contributed by atoms with Gasteiger partial charge >= 0.3 is 0 Å². The van der Waals surface area contributed by atoms with Crippen LogP contribution in [-0.2, 0) is 6.61 Å². The molecule has 0 bridgehead atoms. The first-order chi connectivity index (χ1) is 14.1. The minimum absolute atomic E-state index is 0.446. The van der Waals surface area contributed by atoms with Crippen LogP contribution in [0.1, 0.15) is 22.5 Å². The molecule has 0 unspecified atom stereocenters. The number of aromatic nitrogens is 2. The lowest BCUT2D eigenvalue weighted by atomic mass is 10.1. The zero-order chi connectivity index (χ0) is 20.2. The number of nitrogens with zero attached hydrogens (tertiary/aromatic N) is 2. The van der Waals surface area contributed by atoms with E-state index >= 15 is 0 Å². The highest BCUT2D eigenvalue weighted by Crippen LogP contribution is 2.28. The average molecular weight is 444 g/mol. The van der Waals surface area contributed by atoms with Gasteiger partial charge in [-0.05, 0) is 54.5 Å². The second-order valence-electron chi connectivity index (χ2n) is 6.73. The van der Waals surface area contributed by atoms with Crippen molar-refractivity contribution in [1.29, 1.82) is 5.26 Å². The maximum Gasteiger partial charge on any atom is 0.149 e. The van der Waals surface area contributed by atoms with E-state index < -0.39 is 0 Å². The number of rotatable bonds is 5. The van der Waals surface area contributed by atoms with Gasteiger partial charge in [0.2, 0.25) is 0 Å². The number of aromatic amines is 1. The number of fused-ring (bicyclic) bond motifs is 1. The van der Waals surface area contributed by atoms with Crippen molar-refractivity contribution in [3.8, 4) is 11.8 Å². The van der Waals surface area contributed by atoms with Crippen molar-refractivity contribution in [1.82, 2.24) is 9.97 Å². The van der Waals surface area contributed by atoms with Crippen molar-refractivity contribution in [2.24, 2.45) is 0 Å². The zero-order valence-corrected chi connectivity index (χ0v) is 17.4. The fourth-order valence-corrected chi connectivity index (χ4v) is 3.44. The maximum absolute atomic E-state index is 9.76. The highest BCUT2D eigenvalue weighted by Gasteiger charge is 2.11. The van der Waals surface area contributed by atoms with E-state index in [2.05, 4.69) is 32.0 Å². The first-order valence-electron chi connectivity index (χ1n) is 9.17. The maximum atomic E-state index is 9.76. The third-order valence-electron chi connectivity index (χ3n) is 4.52. The molecule has 5 heteroatoms. The number of hydrogen-bond donors (Lipinski definition) is 1. The van der Waals surface area contributed by atoms with Crippen LogP contribution in [-0.4, -0.2) is 9.97 Å². The summed E-state index contributed by atoms with van der Waals surface area (Å²) in [7, 11) is 0. The smallest absolute Gasteiger partial charge is 0.149 e. The summed E-state index contributed by atoms with van der Waals surface area (Å²) in [6, 6.07) is 24.0. The molecule has 1 N–H and O–H groups in total. The topological polar surface area (TPSA) is 61.7 Å². The Morgan fingerprint density at radius 3 is 2.76 bits per heavy atom. The molecule has 4 aromatic rings. The third-order valence-corrected chi connectivity index (χ3v) is 5.02. The summed E-state index contributed by atoms with van der Waals surface area (Å²) in [5, 5.41) is 9.76. The quantitative estimate of drug-likeness (QED) is 0.369.